The lowest BCUT2D eigenvalue weighted by molar-refractivity contribution is 0.528. The highest BCUT2D eigenvalue weighted by molar-refractivity contribution is 5.82. The molecule has 0 aromatic carbocycles. The van der Waals surface area contributed by atoms with Crippen LogP contribution in [0.5, 0.6) is 0 Å². The first-order chi connectivity index (χ1) is 5.22. The molecule has 0 bridgehead atoms. The van der Waals surface area contributed by atoms with Crippen molar-refractivity contribution in [3.8, 4) is 0 Å². The van der Waals surface area contributed by atoms with E-state index in [1.54, 1.807) is 6.92 Å². The molecule has 1 aromatic heterocycles. The van der Waals surface area contributed by atoms with E-state index in [1.807, 2.05) is 0 Å². The summed E-state index contributed by atoms with van der Waals surface area (Å²) in [5.41, 5.74) is 5.90. The van der Waals surface area contributed by atoms with Crippen LogP contribution in [-0.4, -0.2) is 15.9 Å². The lowest BCUT2D eigenvalue weighted by Crippen LogP contribution is -2.01. The minimum absolute atomic E-state index is 0.0600. The summed E-state index contributed by atoms with van der Waals surface area (Å²) >= 11 is 0. The van der Waals surface area contributed by atoms with E-state index in [0.29, 0.717) is 18.0 Å². The molecular formula is C5H9N5O. The third kappa shape index (κ3) is 1.92. The highest BCUT2D eigenvalue weighted by Gasteiger charge is 2.03. The zero-order valence-corrected chi connectivity index (χ0v) is 6.11. The summed E-state index contributed by atoms with van der Waals surface area (Å²) in [6, 6.07) is 0.0600. The van der Waals surface area contributed by atoms with Crippen LogP contribution in [0.4, 0.5) is 6.01 Å². The fourth-order valence-corrected chi connectivity index (χ4v) is 0.603. The van der Waals surface area contributed by atoms with Gasteiger partial charge in [0.1, 0.15) is 0 Å². The highest BCUT2D eigenvalue weighted by Crippen LogP contribution is 2.01. The molecule has 0 amide bonds. The summed E-state index contributed by atoms with van der Waals surface area (Å²) in [5.74, 6) is 5.42. The molecule has 0 aliphatic rings. The van der Waals surface area contributed by atoms with E-state index >= 15 is 0 Å². The minimum atomic E-state index is 0.0600. The van der Waals surface area contributed by atoms with Gasteiger partial charge >= 0.3 is 6.01 Å². The number of aromatic nitrogens is 2. The van der Waals surface area contributed by atoms with Crippen LogP contribution >= 0.6 is 0 Å². The van der Waals surface area contributed by atoms with Crippen molar-refractivity contribution >= 4 is 11.7 Å². The molecule has 0 saturated carbocycles. The Bertz CT molecular complexity index is 266. The zero-order chi connectivity index (χ0) is 8.27. The molecule has 0 unspecified atom stereocenters. The van der Waals surface area contributed by atoms with Crippen molar-refractivity contribution in [2.45, 2.75) is 13.3 Å². The second-order valence-electron chi connectivity index (χ2n) is 2.08. The standard InChI is InChI=1S/C5H9N5O/c1-3(8-7)2-4-9-10-5(6)11-4/h2,7H2,1H3,(H2,6,10). The zero-order valence-electron chi connectivity index (χ0n) is 6.11. The Labute approximate surface area is 63.3 Å². The number of rotatable bonds is 2. The number of anilines is 1. The number of nitrogens with two attached hydrogens (primary N) is 2. The summed E-state index contributed by atoms with van der Waals surface area (Å²) in [6.07, 6.45) is 0.445. The largest absolute Gasteiger partial charge is 0.408 e. The predicted molar refractivity (Wildman–Crippen MR) is 39.7 cm³/mol. The van der Waals surface area contributed by atoms with Gasteiger partial charge in [0.2, 0.25) is 5.89 Å². The smallest absolute Gasteiger partial charge is 0.312 e. The Morgan fingerprint density at radius 2 is 2.36 bits per heavy atom. The van der Waals surface area contributed by atoms with Crippen LogP contribution < -0.4 is 11.6 Å². The molecule has 0 aliphatic heterocycles. The second-order valence-corrected chi connectivity index (χ2v) is 2.08. The van der Waals surface area contributed by atoms with Gasteiger partial charge in [-0.15, -0.1) is 5.10 Å². The van der Waals surface area contributed by atoms with E-state index in [1.165, 1.54) is 0 Å². The number of nitrogen functional groups attached to an aromatic ring is 1. The SMILES string of the molecule is CC(Cc1nnc(N)o1)=NN. The van der Waals surface area contributed by atoms with Crippen molar-refractivity contribution < 1.29 is 4.42 Å². The third-order valence-corrected chi connectivity index (χ3v) is 1.11. The van der Waals surface area contributed by atoms with Crippen molar-refractivity contribution in [1.82, 2.24) is 10.2 Å². The summed E-state index contributed by atoms with van der Waals surface area (Å²) in [5, 5.41) is 10.5. The number of nitrogens with zero attached hydrogens (tertiary/aromatic N) is 3. The van der Waals surface area contributed by atoms with Crippen LogP contribution in [0.3, 0.4) is 0 Å². The quantitative estimate of drug-likeness (QED) is 0.341. The molecule has 6 nitrogen and oxygen atoms in total. The van der Waals surface area contributed by atoms with Crippen LogP contribution in [0.2, 0.25) is 0 Å². The molecular weight excluding hydrogens is 146 g/mol. The van der Waals surface area contributed by atoms with Gasteiger partial charge in [0.15, 0.2) is 0 Å². The minimum Gasteiger partial charge on any atom is -0.408 e. The highest BCUT2D eigenvalue weighted by atomic mass is 16.4. The van der Waals surface area contributed by atoms with Gasteiger partial charge in [-0.05, 0) is 6.92 Å². The normalized spacial score (nSPS) is 11.9. The van der Waals surface area contributed by atoms with E-state index in [-0.39, 0.29) is 6.01 Å². The van der Waals surface area contributed by atoms with Gasteiger partial charge in [0, 0.05) is 5.71 Å². The molecule has 0 fully saturated rings. The van der Waals surface area contributed by atoms with Gasteiger partial charge in [0.25, 0.3) is 0 Å². The monoisotopic (exact) mass is 155 g/mol. The Kier molecular flexibility index (Phi) is 2.05. The topological polar surface area (TPSA) is 103 Å². The van der Waals surface area contributed by atoms with Crippen LogP contribution in [-0.2, 0) is 6.42 Å². The molecule has 0 radical (unpaired) electrons. The molecule has 4 N–H and O–H groups in total. The molecule has 1 aromatic rings. The fourth-order valence-electron chi connectivity index (χ4n) is 0.603. The maximum Gasteiger partial charge on any atom is 0.312 e. The molecule has 1 heterocycles. The first-order valence-electron chi connectivity index (χ1n) is 3.03. The predicted octanol–water partition coefficient (Wildman–Crippen LogP) is -0.471. The van der Waals surface area contributed by atoms with E-state index < -0.39 is 0 Å². The molecule has 0 saturated heterocycles. The Morgan fingerprint density at radius 3 is 2.82 bits per heavy atom. The summed E-state index contributed by atoms with van der Waals surface area (Å²) in [6.45, 7) is 1.76. The van der Waals surface area contributed by atoms with Gasteiger partial charge in [0.05, 0.1) is 6.42 Å². The lowest BCUT2D eigenvalue weighted by atomic mass is 10.3. The Hall–Kier alpha value is -1.59. The third-order valence-electron chi connectivity index (χ3n) is 1.11. The van der Waals surface area contributed by atoms with E-state index in [9.17, 15) is 0 Å². The first kappa shape index (κ1) is 7.52. The van der Waals surface area contributed by atoms with Gasteiger partial charge in [-0.1, -0.05) is 5.10 Å². The maximum absolute atomic E-state index is 5.18. The average Bonchev–Trinajstić information content (AvgIpc) is 2.35. The van der Waals surface area contributed by atoms with Gasteiger partial charge < -0.3 is 16.0 Å². The first-order valence-corrected chi connectivity index (χ1v) is 3.03. The van der Waals surface area contributed by atoms with Crippen molar-refractivity contribution in [1.29, 1.82) is 0 Å². The fraction of sp³-hybridized carbons (Fsp3) is 0.400. The van der Waals surface area contributed by atoms with Gasteiger partial charge in [-0.2, -0.15) is 5.10 Å². The van der Waals surface area contributed by atoms with E-state index in [4.69, 9.17) is 16.0 Å². The summed E-state index contributed by atoms with van der Waals surface area (Å²) in [4.78, 5) is 0. The molecule has 11 heavy (non-hydrogen) atoms. The van der Waals surface area contributed by atoms with Gasteiger partial charge in [-0.3, -0.25) is 0 Å². The Balaban J connectivity index is 2.65. The van der Waals surface area contributed by atoms with Crippen molar-refractivity contribution in [3.63, 3.8) is 0 Å². The van der Waals surface area contributed by atoms with Crippen LogP contribution in [0, 0.1) is 0 Å². The molecule has 1 rings (SSSR count). The number of hydrogen-bond donors (Lipinski definition) is 2. The van der Waals surface area contributed by atoms with E-state index in [0.717, 1.165) is 0 Å². The van der Waals surface area contributed by atoms with Crippen molar-refractivity contribution in [2.75, 3.05) is 5.73 Å². The van der Waals surface area contributed by atoms with E-state index in [2.05, 4.69) is 15.3 Å². The summed E-state index contributed by atoms with van der Waals surface area (Å²) < 4.78 is 4.88. The van der Waals surface area contributed by atoms with Crippen molar-refractivity contribution in [2.24, 2.45) is 10.9 Å². The van der Waals surface area contributed by atoms with Crippen LogP contribution in [0.25, 0.3) is 0 Å². The molecule has 0 atom stereocenters. The number of hydrogen-bond acceptors (Lipinski definition) is 6. The number of hydrazone groups is 1. The molecule has 0 spiro atoms. The lowest BCUT2D eigenvalue weighted by Gasteiger charge is -1.90. The van der Waals surface area contributed by atoms with Gasteiger partial charge in [-0.25, -0.2) is 0 Å². The molecule has 6 heteroatoms. The Morgan fingerprint density at radius 1 is 1.64 bits per heavy atom. The maximum atomic E-state index is 5.18. The molecule has 60 valence electrons. The second kappa shape index (κ2) is 3.00. The summed E-state index contributed by atoms with van der Waals surface area (Å²) in [7, 11) is 0. The van der Waals surface area contributed by atoms with Crippen LogP contribution in [0.1, 0.15) is 12.8 Å². The van der Waals surface area contributed by atoms with Crippen LogP contribution in [0.15, 0.2) is 9.52 Å². The van der Waals surface area contributed by atoms with Crippen molar-refractivity contribution in [3.05, 3.63) is 5.89 Å². The molecule has 0 aliphatic carbocycles. The average molecular weight is 155 g/mol.